The summed E-state index contributed by atoms with van der Waals surface area (Å²) < 4.78 is 10.4. The summed E-state index contributed by atoms with van der Waals surface area (Å²) in [4.78, 5) is 24.5. The molecule has 0 aliphatic heterocycles. The van der Waals surface area contributed by atoms with Crippen LogP contribution in [0.3, 0.4) is 0 Å². The molecule has 3 rings (SSSR count). The van der Waals surface area contributed by atoms with Gasteiger partial charge in [-0.05, 0) is 29.5 Å². The van der Waals surface area contributed by atoms with Gasteiger partial charge in [-0.15, -0.1) is 10.2 Å². The first kappa shape index (κ1) is 16.2. The van der Waals surface area contributed by atoms with Crippen molar-refractivity contribution in [2.24, 2.45) is 0 Å². The van der Waals surface area contributed by atoms with E-state index >= 15 is 0 Å². The number of nitrogens with one attached hydrogen (secondary N) is 2. The van der Waals surface area contributed by atoms with Crippen LogP contribution < -0.4 is 15.6 Å². The van der Waals surface area contributed by atoms with Crippen molar-refractivity contribution in [3.05, 3.63) is 60.3 Å². The molecule has 2 N–H and O–H groups in total. The number of carbonyl (C=O) groups excluding carboxylic acids is 2. The van der Waals surface area contributed by atoms with E-state index in [1.807, 2.05) is 18.2 Å². The molecule has 3 aromatic rings. The zero-order chi connectivity index (χ0) is 17.5. The minimum Gasteiger partial charge on any atom is -0.485 e. The third kappa shape index (κ3) is 4.64. The zero-order valence-electron chi connectivity index (χ0n) is 13.0. The molecule has 0 radical (unpaired) electrons. The molecule has 0 saturated carbocycles. The summed E-state index contributed by atoms with van der Waals surface area (Å²) in [6, 6.07) is 12.2. The van der Waals surface area contributed by atoms with Crippen molar-refractivity contribution in [2.45, 2.75) is 13.2 Å². The van der Waals surface area contributed by atoms with Gasteiger partial charge in [-0.2, -0.15) is 4.80 Å². The number of benzene rings is 1. The number of aromatic nitrogens is 4. The van der Waals surface area contributed by atoms with Crippen LogP contribution in [0, 0.1) is 0 Å². The molecular formula is C15H14N6O4. The molecule has 25 heavy (non-hydrogen) atoms. The maximum absolute atomic E-state index is 11.8. The number of hydrazine groups is 1. The van der Waals surface area contributed by atoms with E-state index < -0.39 is 11.8 Å². The van der Waals surface area contributed by atoms with Gasteiger partial charge in [0.1, 0.15) is 12.3 Å². The Morgan fingerprint density at radius 1 is 1.12 bits per heavy atom. The van der Waals surface area contributed by atoms with Gasteiger partial charge in [0.05, 0.1) is 6.26 Å². The molecule has 0 saturated heterocycles. The van der Waals surface area contributed by atoms with Crippen molar-refractivity contribution in [3.63, 3.8) is 0 Å². The molecule has 10 nitrogen and oxygen atoms in total. The predicted octanol–water partition coefficient (Wildman–Crippen LogP) is 0.306. The number of nitrogens with zero attached hydrogens (tertiary/aromatic N) is 4. The maximum atomic E-state index is 11.8. The van der Waals surface area contributed by atoms with Crippen LogP contribution in [0.15, 0.2) is 53.1 Å². The van der Waals surface area contributed by atoms with E-state index in [1.165, 1.54) is 12.3 Å². The highest BCUT2D eigenvalue weighted by atomic mass is 16.5. The molecular weight excluding hydrogens is 328 g/mol. The molecule has 128 valence electrons. The molecule has 0 bridgehead atoms. The normalized spacial score (nSPS) is 10.2. The number of hydrogen-bond acceptors (Lipinski definition) is 7. The van der Waals surface area contributed by atoms with Gasteiger partial charge in [0.2, 0.25) is 5.82 Å². The number of carbonyl (C=O) groups is 2. The fraction of sp³-hybridized carbons (Fsp3) is 0.133. The lowest BCUT2D eigenvalue weighted by molar-refractivity contribution is -0.122. The molecule has 0 unspecified atom stereocenters. The lowest BCUT2D eigenvalue weighted by Gasteiger charge is -2.04. The van der Waals surface area contributed by atoms with Gasteiger partial charge in [-0.25, -0.2) is 0 Å². The second-order valence-electron chi connectivity index (χ2n) is 4.82. The first-order valence-corrected chi connectivity index (χ1v) is 7.28. The number of hydrogen-bond donors (Lipinski definition) is 2. The van der Waals surface area contributed by atoms with E-state index in [-0.39, 0.29) is 18.9 Å². The largest absolute Gasteiger partial charge is 0.485 e. The van der Waals surface area contributed by atoms with Crippen LogP contribution in [-0.2, 0) is 17.9 Å². The topological polar surface area (TPSA) is 124 Å². The van der Waals surface area contributed by atoms with E-state index in [2.05, 4.69) is 26.3 Å². The number of para-hydroxylation sites is 1. The average Bonchev–Trinajstić information content (AvgIpc) is 3.31. The number of ether oxygens (including phenoxy) is 1. The van der Waals surface area contributed by atoms with Gasteiger partial charge in [0, 0.05) is 0 Å². The van der Waals surface area contributed by atoms with E-state index in [1.54, 1.807) is 18.2 Å². The highest BCUT2D eigenvalue weighted by Crippen LogP contribution is 2.09. The van der Waals surface area contributed by atoms with Gasteiger partial charge in [0.25, 0.3) is 5.91 Å². The number of furan rings is 1. The SMILES string of the molecule is O=C(Cn1nnc(COc2ccccc2)n1)NNC(=O)c1ccco1. The molecule has 10 heteroatoms. The van der Waals surface area contributed by atoms with Crippen LogP contribution in [0.5, 0.6) is 5.75 Å². The van der Waals surface area contributed by atoms with Crippen molar-refractivity contribution in [1.29, 1.82) is 0 Å². The van der Waals surface area contributed by atoms with Crippen molar-refractivity contribution in [2.75, 3.05) is 0 Å². The summed E-state index contributed by atoms with van der Waals surface area (Å²) in [5, 5.41) is 11.6. The van der Waals surface area contributed by atoms with Crippen LogP contribution in [0.1, 0.15) is 16.4 Å². The Labute approximate surface area is 141 Å². The van der Waals surface area contributed by atoms with E-state index in [0.717, 1.165) is 4.80 Å². The smallest absolute Gasteiger partial charge is 0.305 e. The zero-order valence-corrected chi connectivity index (χ0v) is 13.0. The van der Waals surface area contributed by atoms with Gasteiger partial charge >= 0.3 is 5.91 Å². The Bertz CT molecular complexity index is 831. The average molecular weight is 342 g/mol. The van der Waals surface area contributed by atoms with Crippen molar-refractivity contribution >= 4 is 11.8 Å². The highest BCUT2D eigenvalue weighted by Gasteiger charge is 2.11. The van der Waals surface area contributed by atoms with Crippen molar-refractivity contribution in [1.82, 2.24) is 31.1 Å². The lowest BCUT2D eigenvalue weighted by atomic mass is 10.3. The van der Waals surface area contributed by atoms with Crippen LogP contribution >= 0.6 is 0 Å². The molecule has 0 atom stereocenters. The molecule has 2 aromatic heterocycles. The third-order valence-electron chi connectivity index (χ3n) is 2.95. The number of tetrazole rings is 1. The van der Waals surface area contributed by atoms with E-state index in [4.69, 9.17) is 9.15 Å². The summed E-state index contributed by atoms with van der Waals surface area (Å²) in [7, 11) is 0. The Morgan fingerprint density at radius 2 is 1.96 bits per heavy atom. The van der Waals surface area contributed by atoms with E-state index in [0.29, 0.717) is 11.6 Å². The molecule has 1 aromatic carbocycles. The van der Waals surface area contributed by atoms with Crippen LogP contribution in [0.2, 0.25) is 0 Å². The number of amides is 2. The van der Waals surface area contributed by atoms with Gasteiger partial charge in [0.15, 0.2) is 12.4 Å². The molecule has 0 aliphatic rings. The van der Waals surface area contributed by atoms with Crippen LogP contribution in [0.4, 0.5) is 0 Å². The number of rotatable bonds is 6. The fourth-order valence-corrected chi connectivity index (χ4v) is 1.83. The first-order chi connectivity index (χ1) is 12.2. The second-order valence-corrected chi connectivity index (χ2v) is 4.82. The van der Waals surface area contributed by atoms with Gasteiger partial charge < -0.3 is 9.15 Å². The second kappa shape index (κ2) is 7.73. The first-order valence-electron chi connectivity index (χ1n) is 7.28. The van der Waals surface area contributed by atoms with Gasteiger partial charge in [-0.1, -0.05) is 18.2 Å². The minimum atomic E-state index is -0.568. The minimum absolute atomic E-state index is 0.0829. The quantitative estimate of drug-likeness (QED) is 0.618. The Hall–Kier alpha value is -3.69. The van der Waals surface area contributed by atoms with Gasteiger partial charge in [-0.3, -0.25) is 20.4 Å². The standard InChI is InChI=1S/C15H14N6O4/c22-14(17-18-15(23)12-7-4-8-24-12)9-21-19-13(16-20-21)10-25-11-5-2-1-3-6-11/h1-8H,9-10H2,(H,17,22)(H,18,23). The molecule has 0 aliphatic carbocycles. The van der Waals surface area contributed by atoms with E-state index in [9.17, 15) is 9.59 Å². The Balaban J connectivity index is 1.44. The van der Waals surface area contributed by atoms with Crippen molar-refractivity contribution < 1.29 is 18.7 Å². The fourth-order valence-electron chi connectivity index (χ4n) is 1.83. The summed E-state index contributed by atoms with van der Waals surface area (Å²) in [5.74, 6) is 0.00252. The summed E-state index contributed by atoms with van der Waals surface area (Å²) in [5.41, 5.74) is 4.44. The van der Waals surface area contributed by atoms with Crippen LogP contribution in [0.25, 0.3) is 0 Å². The Morgan fingerprint density at radius 3 is 2.72 bits per heavy atom. The van der Waals surface area contributed by atoms with Crippen LogP contribution in [-0.4, -0.2) is 32.0 Å². The Kier molecular flexibility index (Phi) is 5.00. The lowest BCUT2D eigenvalue weighted by Crippen LogP contribution is -2.43. The summed E-state index contributed by atoms with van der Waals surface area (Å²) in [6.45, 7) is -0.0857. The monoisotopic (exact) mass is 342 g/mol. The summed E-state index contributed by atoms with van der Waals surface area (Å²) >= 11 is 0. The van der Waals surface area contributed by atoms with Crippen molar-refractivity contribution in [3.8, 4) is 5.75 Å². The molecule has 0 spiro atoms. The molecule has 0 fully saturated rings. The maximum Gasteiger partial charge on any atom is 0.305 e. The predicted molar refractivity (Wildman–Crippen MR) is 82.9 cm³/mol. The molecule has 2 heterocycles. The third-order valence-corrected chi connectivity index (χ3v) is 2.95. The summed E-state index contributed by atoms with van der Waals surface area (Å²) in [6.07, 6.45) is 1.36. The molecule has 2 amide bonds. The highest BCUT2D eigenvalue weighted by molar-refractivity contribution is 5.92.